The summed E-state index contributed by atoms with van der Waals surface area (Å²) >= 11 is 12.5. The van der Waals surface area contributed by atoms with Gasteiger partial charge in [-0.3, -0.25) is 44.0 Å². The van der Waals surface area contributed by atoms with Crippen LogP contribution in [-0.4, -0.2) is 196 Å². The molecule has 4 N–H and O–H groups in total. The highest BCUT2D eigenvalue weighted by Gasteiger charge is 2.38. The predicted octanol–water partition coefficient (Wildman–Crippen LogP) is 18.9. The zero-order valence-corrected chi connectivity index (χ0v) is 80.1. The maximum absolute atomic E-state index is 14.2. The number of halogens is 2. The van der Waals surface area contributed by atoms with E-state index in [0.717, 1.165) is 193 Å². The maximum atomic E-state index is 14.2. The first-order valence-electron chi connectivity index (χ1n) is 45.6. The molecule has 11 aromatic rings. The minimum absolute atomic E-state index is 0.0124. The Morgan fingerprint density at radius 2 is 1.00 bits per heavy atom. The molecule has 702 valence electrons. The van der Waals surface area contributed by atoms with Crippen molar-refractivity contribution in [1.82, 2.24) is 44.1 Å². The second-order valence-corrected chi connectivity index (χ2v) is 45.7. The van der Waals surface area contributed by atoms with Gasteiger partial charge in [0.2, 0.25) is 0 Å². The fourth-order valence-electron chi connectivity index (χ4n) is 19.3. The molecule has 9 heterocycles. The number of sulfonamides is 2. The lowest BCUT2D eigenvalue weighted by atomic mass is 9.72. The normalized spacial score (nSPS) is 18.6. The monoisotopic (exact) mass is 1910 g/mol. The number of hydrogen-bond acceptors (Lipinski definition) is 22. The van der Waals surface area contributed by atoms with E-state index in [0.29, 0.717) is 59.2 Å². The molecular weight excluding hydrogens is 1800 g/mol. The minimum atomic E-state index is -4.64. The first kappa shape index (κ1) is 94.1. The number of hydrogen-bond donors (Lipinski definition) is 4. The number of allylic oxidation sites excluding steroid dienone is 2. The van der Waals surface area contributed by atoms with E-state index >= 15 is 0 Å². The molecule has 0 unspecified atom stereocenters. The molecule has 3 saturated heterocycles. The number of benzene rings is 7. The van der Waals surface area contributed by atoms with Crippen LogP contribution in [0.2, 0.25) is 10.0 Å². The van der Waals surface area contributed by atoms with Gasteiger partial charge in [0.25, 0.3) is 43.2 Å². The SMILES string of the molecule is C=S(C)(C)=NC1CCN(CC[C@@H]2COc3cc(S(=O)(=O)NC(=O)c4ccc(N5CCN(CC6=C(c7ccc(Cl)cc7)CC(C)(C)CC6)CC5)cc4Oc4cnc5[nH]ccc5c4)cc([N+](=O)[O-])c3C2)CC1.CC1(C)CCC(CN2CCN(c3ccc(C(=O)NS(=O)(=O)c4cc5c(c([N+](=O)[O-])c4)C[C@@H](Cc4ccccc4)CO5)c(Oc4cnc5[nH]ccc5c4)c3)CC2)=C(c2ccc(Cl)cc2)C1. The van der Waals surface area contributed by atoms with Crippen molar-refractivity contribution in [2.45, 2.75) is 121 Å². The quantitative estimate of drug-likeness (QED) is 0.0222. The van der Waals surface area contributed by atoms with Crippen molar-refractivity contribution in [3.63, 3.8) is 0 Å². The van der Waals surface area contributed by atoms with Crippen LogP contribution in [0.15, 0.2) is 214 Å². The van der Waals surface area contributed by atoms with Crippen molar-refractivity contribution < 1.29 is 55.2 Å². The molecular formula is C101H112Cl2N14O14S3. The molecule has 2 aliphatic carbocycles. The van der Waals surface area contributed by atoms with Crippen molar-refractivity contribution in [2.75, 3.05) is 121 Å². The number of aromatic amines is 2. The third-order valence-corrected chi connectivity index (χ3v) is 30.6. The zero-order valence-electron chi connectivity index (χ0n) is 76.1. The van der Waals surface area contributed by atoms with E-state index in [1.165, 1.54) is 57.9 Å². The van der Waals surface area contributed by atoms with E-state index in [4.69, 9.17) is 46.5 Å². The van der Waals surface area contributed by atoms with Gasteiger partial charge < -0.3 is 43.6 Å². The number of H-pyrrole nitrogens is 2. The fraction of sp³-hybridized carbons (Fsp3) is 0.376. The Hall–Kier alpha value is -11.7. The Morgan fingerprint density at radius 3 is 1.44 bits per heavy atom. The summed E-state index contributed by atoms with van der Waals surface area (Å²) < 4.78 is 89.9. The summed E-state index contributed by atoms with van der Waals surface area (Å²) in [6.45, 7) is 20.5. The molecule has 28 nitrogen and oxygen atoms in total. The molecule has 5 aliphatic heterocycles. The molecule has 33 heteroatoms. The Balaban J connectivity index is 0.000000187. The van der Waals surface area contributed by atoms with Crippen molar-refractivity contribution >= 4 is 126 Å². The van der Waals surface area contributed by atoms with Gasteiger partial charge in [-0.2, -0.15) is 0 Å². The number of pyridine rings is 2. The van der Waals surface area contributed by atoms with Gasteiger partial charge in [-0.15, -0.1) is 9.41 Å². The first-order chi connectivity index (χ1) is 64.1. The number of carbonyl (C=O) groups excluding carboxylic acids is 2. The molecule has 7 aromatic carbocycles. The number of nitrogens with one attached hydrogen (secondary N) is 4. The maximum Gasteiger partial charge on any atom is 0.277 e. The number of fused-ring (bicyclic) bond motifs is 4. The summed E-state index contributed by atoms with van der Waals surface area (Å²) in [5.41, 5.74) is 12.5. The molecule has 18 rings (SSSR count). The van der Waals surface area contributed by atoms with Crippen LogP contribution >= 0.6 is 23.2 Å². The number of aromatic nitrogens is 4. The van der Waals surface area contributed by atoms with Gasteiger partial charge in [0.15, 0.2) is 0 Å². The van der Waals surface area contributed by atoms with Crippen LogP contribution < -0.4 is 38.2 Å². The second kappa shape index (κ2) is 39.7. The van der Waals surface area contributed by atoms with Crippen LogP contribution in [0.1, 0.15) is 134 Å². The summed E-state index contributed by atoms with van der Waals surface area (Å²) in [5, 5.41) is 27.9. The van der Waals surface area contributed by atoms with Gasteiger partial charge in [-0.1, -0.05) is 123 Å². The van der Waals surface area contributed by atoms with E-state index in [2.05, 4.69) is 124 Å². The first-order valence-corrected chi connectivity index (χ1v) is 51.9. The van der Waals surface area contributed by atoms with E-state index in [1.807, 2.05) is 66.7 Å². The largest absolute Gasteiger partial charge is 0.493 e. The number of anilines is 2. The number of likely N-dealkylation sites (tertiary alicyclic amines) is 1. The van der Waals surface area contributed by atoms with Gasteiger partial charge in [-0.25, -0.2) is 36.2 Å². The lowest BCUT2D eigenvalue weighted by Gasteiger charge is -2.39. The number of nitro benzene ring substituents is 2. The zero-order chi connectivity index (χ0) is 94.0. The number of rotatable bonds is 26. The number of piperidine rings is 1. The van der Waals surface area contributed by atoms with Crippen LogP contribution in [-0.2, 0) is 48.7 Å². The third kappa shape index (κ3) is 22.8. The standard InChI is InChI=1S/C52H63ClN8O7S2.C49H49ClN6O7S/c1-52(2)17-12-38(46(31-52)36-6-8-39(53)9-7-36)33-59-22-24-60(25-23-59)41-10-11-44(49(28-41)68-42-27-37-13-18-54-50(37)55-32-42)51(62)57-70(65,66)43-29-47(61(63)64)45-26-35(34-67-48(45)30-43)14-19-58-20-15-40(16-21-58)56-69(3,4)5;1-49(2)16-14-36(43(28-49)34-8-10-37(50)11-9-34)30-54-18-20-55(21-19-54)38-12-13-41(46(25-38)63-39-24-35-15-17-51-47(35)52-29-39)48(57)53-64(60,61)40-26-44(56(58)59)42-23-33(31-62-45(42)27-40)22-32-6-4-3-5-7-32/h6-11,13,18,27-30,32,35,40H,3,12,14-17,19-26,31,33-34H2,1-2,4-5H3,(H,54,55)(H,57,62);3-13,15,17,24-27,29,33H,14,16,18-23,28,30-31H2,1-2H3,(H,51,52)(H,53,57)/t35-;33-/m01/s1. The van der Waals surface area contributed by atoms with Crippen molar-refractivity contribution in [2.24, 2.45) is 27.0 Å². The average molecular weight is 1910 g/mol. The lowest BCUT2D eigenvalue weighted by Crippen LogP contribution is -2.47. The van der Waals surface area contributed by atoms with Gasteiger partial charge in [-0.05, 0) is 213 Å². The van der Waals surface area contributed by atoms with E-state index in [1.54, 1.807) is 60.9 Å². The molecule has 0 radical (unpaired) electrons. The lowest BCUT2D eigenvalue weighted by molar-refractivity contribution is -0.386. The molecule has 134 heavy (non-hydrogen) atoms. The van der Waals surface area contributed by atoms with Gasteiger partial charge in [0.1, 0.15) is 45.8 Å². The summed E-state index contributed by atoms with van der Waals surface area (Å²) in [7, 11) is -10.4. The van der Waals surface area contributed by atoms with Crippen molar-refractivity contribution in [3.8, 4) is 34.5 Å². The predicted molar refractivity (Wildman–Crippen MR) is 528 cm³/mol. The number of amides is 2. The van der Waals surface area contributed by atoms with Crippen molar-refractivity contribution in [1.29, 1.82) is 0 Å². The smallest absolute Gasteiger partial charge is 0.277 e. The van der Waals surface area contributed by atoms with Crippen molar-refractivity contribution in [3.05, 3.63) is 269 Å². The molecule has 7 aliphatic rings. The highest BCUT2D eigenvalue weighted by molar-refractivity contribution is 8.01. The van der Waals surface area contributed by atoms with Crippen LogP contribution in [0.3, 0.4) is 0 Å². The van der Waals surface area contributed by atoms with E-state index in [9.17, 15) is 46.7 Å². The fourth-order valence-corrected chi connectivity index (χ4v) is 22.6. The topological polar surface area (TPSA) is 336 Å². The molecule has 0 saturated carbocycles. The summed E-state index contributed by atoms with van der Waals surface area (Å²) in [6.07, 6.45) is 21.3. The van der Waals surface area contributed by atoms with E-state index in [-0.39, 0.29) is 81.4 Å². The van der Waals surface area contributed by atoms with Gasteiger partial charge in [0, 0.05) is 165 Å². The second-order valence-electron chi connectivity index (χ2n) is 38.2. The summed E-state index contributed by atoms with van der Waals surface area (Å²) in [6, 6.07) is 48.4. The highest BCUT2D eigenvalue weighted by atomic mass is 35.5. The van der Waals surface area contributed by atoms with Crippen LogP contribution in [0.25, 0.3) is 33.2 Å². The summed E-state index contributed by atoms with van der Waals surface area (Å²) in [4.78, 5) is 77.8. The number of nitrogens with zero attached hydrogens (tertiary/aromatic N) is 10. The van der Waals surface area contributed by atoms with Crippen LogP contribution in [0.4, 0.5) is 22.7 Å². The summed E-state index contributed by atoms with van der Waals surface area (Å²) in [5.74, 6) is 3.42. The van der Waals surface area contributed by atoms with Crippen LogP contribution in [0, 0.1) is 42.9 Å². The average Bonchev–Trinajstić information content (AvgIpc) is 0.997. The molecule has 3 fully saturated rings. The number of nitro groups is 2. The third-order valence-electron chi connectivity index (χ3n) is 26.6. The Morgan fingerprint density at radius 1 is 0.560 bits per heavy atom. The molecule has 0 spiro atoms. The number of ether oxygens (including phenoxy) is 4. The van der Waals surface area contributed by atoms with Crippen LogP contribution in [0.5, 0.6) is 34.5 Å². The van der Waals surface area contributed by atoms with Gasteiger partial charge >= 0.3 is 0 Å². The highest BCUT2D eigenvalue weighted by Crippen LogP contribution is 2.48. The Bertz CT molecular complexity index is 6730. The Labute approximate surface area is 791 Å². The molecule has 4 aromatic heterocycles. The molecule has 0 bridgehead atoms. The molecule has 2 atom stereocenters. The van der Waals surface area contributed by atoms with E-state index < -0.39 is 60.9 Å². The number of piperazine rings is 2. The van der Waals surface area contributed by atoms with Gasteiger partial charge in [0.05, 0.1) is 73.5 Å². The number of carbonyl (C=O) groups is 2. The Kier molecular flexibility index (Phi) is 27.9. The minimum Gasteiger partial charge on any atom is -0.493 e. The molecule has 2 amide bonds.